The molecule has 3 aromatic rings. The Morgan fingerprint density at radius 2 is 1.90 bits per heavy atom. The quantitative estimate of drug-likeness (QED) is 0.676. The fraction of sp³-hybridized carbons (Fsp3) is 0.133. The number of benzene rings is 2. The summed E-state index contributed by atoms with van der Waals surface area (Å²) in [6, 6.07) is 8.68. The molecule has 1 heterocycles. The van der Waals surface area contributed by atoms with E-state index >= 15 is 0 Å². The van der Waals surface area contributed by atoms with Crippen molar-refractivity contribution in [3.8, 4) is 11.5 Å². The van der Waals surface area contributed by atoms with E-state index in [1.165, 1.54) is 6.07 Å². The Bertz CT molecular complexity index is 821. The number of nitrogens with zero attached hydrogens (tertiary/aromatic N) is 1. The standard InChI is InChI=1S/C15H11F3N2O/c1-8-3-2-4-12-13(8)21-14(20-12)9-5-10(15(16,17)18)7-11(19)6-9/h2-7H,19H2,1H3. The van der Waals surface area contributed by atoms with Crippen molar-refractivity contribution < 1.29 is 17.6 Å². The summed E-state index contributed by atoms with van der Waals surface area (Å²) in [5, 5.41) is 0. The van der Waals surface area contributed by atoms with Crippen molar-refractivity contribution in [2.75, 3.05) is 5.73 Å². The van der Waals surface area contributed by atoms with Crippen LogP contribution in [0.2, 0.25) is 0 Å². The number of anilines is 1. The second-order valence-electron chi connectivity index (χ2n) is 4.78. The first-order valence-corrected chi connectivity index (χ1v) is 6.19. The number of nitrogen functional groups attached to an aromatic ring is 1. The van der Waals surface area contributed by atoms with E-state index in [1.807, 2.05) is 19.1 Å². The molecule has 6 heteroatoms. The van der Waals surface area contributed by atoms with Gasteiger partial charge in [0.05, 0.1) is 5.56 Å². The van der Waals surface area contributed by atoms with E-state index in [-0.39, 0.29) is 17.1 Å². The smallest absolute Gasteiger partial charge is 0.416 e. The average molecular weight is 292 g/mol. The monoisotopic (exact) mass is 292 g/mol. The number of hydrogen-bond donors (Lipinski definition) is 1. The molecule has 0 fully saturated rings. The summed E-state index contributed by atoms with van der Waals surface area (Å²) in [7, 11) is 0. The largest absolute Gasteiger partial charge is 0.436 e. The molecule has 3 rings (SSSR count). The lowest BCUT2D eigenvalue weighted by Gasteiger charge is -2.08. The van der Waals surface area contributed by atoms with E-state index in [4.69, 9.17) is 10.2 Å². The molecule has 0 radical (unpaired) electrons. The van der Waals surface area contributed by atoms with Gasteiger partial charge in [-0.15, -0.1) is 0 Å². The van der Waals surface area contributed by atoms with Crippen LogP contribution in [-0.2, 0) is 6.18 Å². The molecule has 108 valence electrons. The molecule has 0 saturated heterocycles. The predicted octanol–water partition coefficient (Wildman–Crippen LogP) is 4.40. The summed E-state index contributed by atoms with van der Waals surface area (Å²) in [5.74, 6) is 0.122. The van der Waals surface area contributed by atoms with Crippen LogP contribution in [0.1, 0.15) is 11.1 Å². The van der Waals surface area contributed by atoms with Gasteiger partial charge in [0.2, 0.25) is 5.89 Å². The minimum Gasteiger partial charge on any atom is -0.436 e. The van der Waals surface area contributed by atoms with Crippen molar-refractivity contribution in [1.82, 2.24) is 4.98 Å². The lowest BCUT2D eigenvalue weighted by Crippen LogP contribution is -2.06. The molecule has 2 aromatic carbocycles. The first kappa shape index (κ1) is 13.5. The SMILES string of the molecule is Cc1cccc2nc(-c3cc(N)cc(C(F)(F)F)c3)oc12. The lowest BCUT2D eigenvalue weighted by atomic mass is 10.1. The Morgan fingerprint density at radius 1 is 1.14 bits per heavy atom. The summed E-state index contributed by atoms with van der Waals surface area (Å²) in [5.41, 5.74) is 6.97. The molecule has 0 amide bonds. The Morgan fingerprint density at radius 3 is 2.57 bits per heavy atom. The van der Waals surface area contributed by atoms with Gasteiger partial charge in [-0.05, 0) is 36.8 Å². The zero-order valence-electron chi connectivity index (χ0n) is 11.0. The highest BCUT2D eigenvalue weighted by Gasteiger charge is 2.31. The third-order valence-electron chi connectivity index (χ3n) is 3.14. The molecule has 0 unspecified atom stereocenters. The van der Waals surface area contributed by atoms with Gasteiger partial charge in [-0.2, -0.15) is 13.2 Å². The van der Waals surface area contributed by atoms with Crippen molar-refractivity contribution in [2.24, 2.45) is 0 Å². The van der Waals surface area contributed by atoms with E-state index < -0.39 is 11.7 Å². The van der Waals surface area contributed by atoms with E-state index in [0.717, 1.165) is 17.7 Å². The second kappa shape index (κ2) is 4.51. The van der Waals surface area contributed by atoms with Crippen LogP contribution >= 0.6 is 0 Å². The number of alkyl halides is 3. The number of hydrogen-bond acceptors (Lipinski definition) is 3. The Hall–Kier alpha value is -2.50. The van der Waals surface area contributed by atoms with Gasteiger partial charge in [-0.3, -0.25) is 0 Å². The summed E-state index contributed by atoms with van der Waals surface area (Å²) in [6.07, 6.45) is -4.47. The van der Waals surface area contributed by atoms with Crippen LogP contribution in [0.5, 0.6) is 0 Å². The third-order valence-corrected chi connectivity index (χ3v) is 3.14. The van der Waals surface area contributed by atoms with Gasteiger partial charge >= 0.3 is 6.18 Å². The van der Waals surface area contributed by atoms with Crippen molar-refractivity contribution in [3.63, 3.8) is 0 Å². The van der Waals surface area contributed by atoms with Crippen molar-refractivity contribution in [2.45, 2.75) is 13.1 Å². The number of halogens is 3. The van der Waals surface area contributed by atoms with Gasteiger partial charge in [0.1, 0.15) is 5.52 Å². The Kier molecular flexibility index (Phi) is 2.90. The molecule has 0 bridgehead atoms. The first-order valence-electron chi connectivity index (χ1n) is 6.19. The first-order chi connectivity index (χ1) is 9.84. The number of nitrogens with two attached hydrogens (primary N) is 1. The van der Waals surface area contributed by atoms with Crippen LogP contribution in [0.3, 0.4) is 0 Å². The number of para-hydroxylation sites is 1. The number of rotatable bonds is 1. The maximum atomic E-state index is 12.8. The van der Waals surface area contributed by atoms with Crippen LogP contribution in [0, 0.1) is 6.92 Å². The summed E-state index contributed by atoms with van der Waals surface area (Å²) < 4.78 is 44.1. The zero-order valence-corrected chi connectivity index (χ0v) is 11.0. The lowest BCUT2D eigenvalue weighted by molar-refractivity contribution is -0.137. The fourth-order valence-corrected chi connectivity index (χ4v) is 2.15. The van der Waals surface area contributed by atoms with E-state index in [2.05, 4.69) is 4.98 Å². The highest BCUT2D eigenvalue weighted by Crippen LogP contribution is 2.35. The minimum absolute atomic E-state index is 0.0128. The Labute approximate surface area is 118 Å². The minimum atomic E-state index is -4.47. The van der Waals surface area contributed by atoms with Crippen LogP contribution in [0.4, 0.5) is 18.9 Å². The van der Waals surface area contributed by atoms with Gasteiger partial charge in [0, 0.05) is 11.3 Å². The number of oxazole rings is 1. The molecule has 0 aliphatic carbocycles. The maximum Gasteiger partial charge on any atom is 0.416 e. The van der Waals surface area contributed by atoms with Gasteiger partial charge in [-0.1, -0.05) is 12.1 Å². The van der Waals surface area contributed by atoms with Crippen LogP contribution in [0.25, 0.3) is 22.6 Å². The summed E-state index contributed by atoms with van der Waals surface area (Å²) in [6.45, 7) is 1.85. The van der Waals surface area contributed by atoms with E-state index in [1.54, 1.807) is 6.07 Å². The molecule has 3 nitrogen and oxygen atoms in total. The highest BCUT2D eigenvalue weighted by molar-refractivity contribution is 5.79. The van der Waals surface area contributed by atoms with E-state index in [0.29, 0.717) is 11.1 Å². The molecule has 1 aromatic heterocycles. The molecular formula is C15H11F3N2O. The highest BCUT2D eigenvalue weighted by atomic mass is 19.4. The van der Waals surface area contributed by atoms with Crippen molar-refractivity contribution in [3.05, 3.63) is 47.5 Å². The average Bonchev–Trinajstić information content (AvgIpc) is 2.82. The van der Waals surface area contributed by atoms with Crippen molar-refractivity contribution >= 4 is 16.8 Å². The molecule has 0 atom stereocenters. The molecule has 0 aliphatic rings. The topological polar surface area (TPSA) is 52.0 Å². The zero-order chi connectivity index (χ0) is 15.2. The van der Waals surface area contributed by atoms with E-state index in [9.17, 15) is 13.2 Å². The molecule has 21 heavy (non-hydrogen) atoms. The number of aromatic nitrogens is 1. The van der Waals surface area contributed by atoms with Gasteiger partial charge in [-0.25, -0.2) is 4.98 Å². The van der Waals surface area contributed by atoms with Gasteiger partial charge in [0.15, 0.2) is 5.58 Å². The van der Waals surface area contributed by atoms with Crippen molar-refractivity contribution in [1.29, 1.82) is 0 Å². The molecule has 0 spiro atoms. The fourth-order valence-electron chi connectivity index (χ4n) is 2.15. The third kappa shape index (κ3) is 2.44. The second-order valence-corrected chi connectivity index (χ2v) is 4.78. The normalized spacial score (nSPS) is 12.0. The number of fused-ring (bicyclic) bond motifs is 1. The predicted molar refractivity (Wildman–Crippen MR) is 73.6 cm³/mol. The van der Waals surface area contributed by atoms with Crippen LogP contribution in [-0.4, -0.2) is 4.98 Å². The molecule has 0 saturated carbocycles. The summed E-state index contributed by atoms with van der Waals surface area (Å²) in [4.78, 5) is 4.22. The van der Waals surface area contributed by atoms with Gasteiger partial charge < -0.3 is 10.2 Å². The molecular weight excluding hydrogens is 281 g/mol. The molecule has 2 N–H and O–H groups in total. The number of aryl methyl sites for hydroxylation is 1. The maximum absolute atomic E-state index is 12.8. The Balaban J connectivity index is 2.18. The summed E-state index contributed by atoms with van der Waals surface area (Å²) >= 11 is 0. The van der Waals surface area contributed by atoms with Crippen LogP contribution < -0.4 is 5.73 Å². The van der Waals surface area contributed by atoms with Gasteiger partial charge in [0.25, 0.3) is 0 Å². The van der Waals surface area contributed by atoms with Crippen LogP contribution in [0.15, 0.2) is 40.8 Å². The molecule has 0 aliphatic heterocycles.